The van der Waals surface area contributed by atoms with Gasteiger partial charge in [-0.3, -0.25) is 51.5 Å². The van der Waals surface area contributed by atoms with Gasteiger partial charge in [0.2, 0.25) is 11.7 Å². The highest BCUT2D eigenvalue weighted by Crippen LogP contribution is 2.39. The molecule has 19 rings (SSSR count). The third kappa shape index (κ3) is 23.0. The van der Waals surface area contributed by atoms with Gasteiger partial charge in [-0.05, 0) is 164 Å². The van der Waals surface area contributed by atoms with Crippen LogP contribution in [0.1, 0.15) is 256 Å². The van der Waals surface area contributed by atoms with Crippen LogP contribution in [0.5, 0.6) is 5.88 Å². The van der Waals surface area contributed by atoms with Crippen molar-refractivity contribution in [2.75, 3.05) is 55.1 Å². The second-order valence-electron chi connectivity index (χ2n) is 38.7. The lowest BCUT2D eigenvalue weighted by Crippen LogP contribution is -2.27. The molecule has 5 aliphatic rings. The smallest absolute Gasteiger partial charge is 0.359 e. The molecular formula is C103H112N26O17SSi. The number of rotatable bonds is 14. The van der Waals surface area contributed by atoms with Crippen LogP contribution < -0.4 is 4.74 Å². The molecule has 43 nitrogen and oxygen atoms in total. The molecule has 15 heterocycles. The van der Waals surface area contributed by atoms with E-state index in [0.29, 0.717) is 126 Å². The van der Waals surface area contributed by atoms with Crippen molar-refractivity contribution in [1.29, 1.82) is 0 Å². The van der Waals surface area contributed by atoms with Gasteiger partial charge in [0.1, 0.15) is 74.5 Å². The second kappa shape index (κ2) is 43.7. The van der Waals surface area contributed by atoms with E-state index in [9.17, 15) is 47.9 Å². The average molecular weight is 2050 g/mol. The van der Waals surface area contributed by atoms with Crippen molar-refractivity contribution in [2.24, 2.45) is 12.2 Å². The molecule has 0 saturated heterocycles. The number of nitrogens with zero attached hydrogens (tertiary/aromatic N) is 26. The number of aromatic nitrogens is 18. The van der Waals surface area contributed by atoms with Crippen molar-refractivity contribution in [3.05, 3.63) is 263 Å². The largest absolute Gasteiger partial charge is 0.468 e. The first-order chi connectivity index (χ1) is 70.2. The van der Waals surface area contributed by atoms with E-state index in [1.54, 1.807) is 160 Å². The molecule has 0 saturated carbocycles. The Hall–Kier alpha value is -17.3. The Morgan fingerprint density at radius 1 is 0.527 bits per heavy atom. The molecule has 766 valence electrons. The second-order valence-corrected chi connectivity index (χ2v) is 44.3. The number of ether oxygens (including phenoxy) is 6. The number of amides is 5. The minimum Gasteiger partial charge on any atom is -0.468 e. The molecule has 0 fully saturated rings. The fourth-order valence-corrected chi connectivity index (χ4v) is 17.7. The summed E-state index contributed by atoms with van der Waals surface area (Å²) in [6.07, 6.45) is 17.2. The molecular weight excluding hydrogens is 1930 g/mol. The molecule has 14 aromatic rings. The number of azide groups is 1. The quantitative estimate of drug-likeness (QED) is 0.0185. The van der Waals surface area contributed by atoms with Gasteiger partial charge in [-0.2, -0.15) is 10.2 Å². The first kappa shape index (κ1) is 106. The predicted octanol–water partition coefficient (Wildman–Crippen LogP) is 14.6. The number of thiophene rings is 1. The molecule has 5 aliphatic heterocycles. The summed E-state index contributed by atoms with van der Waals surface area (Å²) >= 11 is 1.39. The Kier molecular flexibility index (Phi) is 31.4. The van der Waals surface area contributed by atoms with Crippen LogP contribution in [0.25, 0.3) is 55.9 Å². The zero-order valence-corrected chi connectivity index (χ0v) is 88.1. The Labute approximate surface area is 856 Å². The van der Waals surface area contributed by atoms with Gasteiger partial charge in [-0.15, -0.1) is 33.5 Å². The number of carbonyl (C=O) groups is 10. The molecule has 0 atom stereocenters. The number of carbonyl (C=O) groups excluding carboxylic acids is 10. The molecule has 10 aromatic heterocycles. The average Bonchev–Trinajstić information content (AvgIpc) is 1.59. The van der Waals surface area contributed by atoms with Crippen LogP contribution >= 0.6 is 11.3 Å². The van der Waals surface area contributed by atoms with Gasteiger partial charge in [0, 0.05) is 75.6 Å². The standard InChI is InChI=1S/C22H27N3O3Si.C17H20N8O2.C17H19N3O3.C17H15N3O3.C15H14N6O3.C15H17N3O3S/c1-22(2,3)28-21(27)19-18-13-24(4)20(26)16-12-15(10-11-29(5,6)7)8-9-17(16)25(18)14-23-19;1-10-6-11(23-27-10)15-21-19-7-12-14(17(2,3)4)16(22-25(12)15)26-8-13-18-9-20-24(13)5;2*1-4-11-6-7-13-12(8-11)16(21)19(3)9-14-15(17(22)23-5-2)18-10-20(13)14;1-3-24-15(23)13-12-7-20(2)14(22)10-6-9(18-19-16)4-5-11(10)21(12)8-17-13;1-15(2,3)21-14(20)11-10-7-17(4)13(19)12-9(5-6-22-12)18(10)8-16-11/h8-9,12,14H,13H2,1-7H3;6-7,9H,8H2,1-5H3;6-8,10H,4-5,9H2,1-3H3;1,6-8,10H,5,9H2,2-3H3;4-6,8H,3,7H2,1-2H3;5-6,8H,7H2,1-4H3. The van der Waals surface area contributed by atoms with Crippen molar-refractivity contribution in [1.82, 2.24) is 112 Å². The highest BCUT2D eigenvalue weighted by Gasteiger charge is 2.38. The van der Waals surface area contributed by atoms with Crippen LogP contribution in [-0.2, 0) is 81.9 Å². The van der Waals surface area contributed by atoms with E-state index in [0.717, 1.165) is 40.0 Å². The van der Waals surface area contributed by atoms with E-state index < -0.39 is 49.1 Å². The first-order valence-corrected chi connectivity index (χ1v) is 51.4. The van der Waals surface area contributed by atoms with Crippen molar-refractivity contribution >= 4 is 90.0 Å². The Morgan fingerprint density at radius 2 is 0.946 bits per heavy atom. The minimum absolute atomic E-state index is 0.0520. The molecule has 0 bridgehead atoms. The summed E-state index contributed by atoms with van der Waals surface area (Å²) in [4.78, 5) is 161. The third-order valence-corrected chi connectivity index (χ3v) is 24.9. The van der Waals surface area contributed by atoms with Gasteiger partial charge in [-0.1, -0.05) is 81.6 Å². The monoisotopic (exact) mass is 2040 g/mol. The maximum atomic E-state index is 13.0. The zero-order chi connectivity index (χ0) is 107. The SMILES string of the molecule is C#Cc1ccc2c(c1)C(=O)N(C)Cc1c(C(=O)OCC)ncn1-2.CCOC(=O)c1ncn2c1CN(C)C(=O)c1cc(CC)ccc1-2.CCOC(=O)c1ncn2c1CN(C)C(=O)c1cc(N=[N+]=[N-])ccc1-2.CN1Cc2c(C(=O)OC(C)(C)C)ncn2-c2ccc(C#C[Si](C)(C)C)cc2C1=O.CN1Cc2c(C(=O)OC(C)(C)C)ncn2-c2ccsc2C1=O.Cc1cc(-c2nncc3c(C(C)(C)C)c(OCc4ncnn4C)nn23)no1. The van der Waals surface area contributed by atoms with E-state index in [2.05, 4.69) is 123 Å². The van der Waals surface area contributed by atoms with Crippen LogP contribution in [0.2, 0.25) is 19.6 Å². The molecule has 5 amide bonds. The number of esters is 5. The fourth-order valence-electron chi connectivity index (χ4n) is 16.3. The molecule has 4 aromatic carbocycles. The van der Waals surface area contributed by atoms with Crippen molar-refractivity contribution in [3.8, 4) is 69.6 Å². The predicted molar refractivity (Wildman–Crippen MR) is 544 cm³/mol. The van der Waals surface area contributed by atoms with E-state index in [1.807, 2.05) is 115 Å². The van der Waals surface area contributed by atoms with E-state index in [4.69, 9.17) is 44.9 Å². The summed E-state index contributed by atoms with van der Waals surface area (Å²) in [5.74, 6) is 5.04. The number of benzene rings is 4. The Morgan fingerprint density at radius 3 is 1.35 bits per heavy atom. The summed E-state index contributed by atoms with van der Waals surface area (Å²) in [6, 6.07) is 25.0. The van der Waals surface area contributed by atoms with Gasteiger partial charge in [0.15, 0.2) is 40.0 Å². The van der Waals surface area contributed by atoms with Crippen molar-refractivity contribution in [3.63, 3.8) is 0 Å². The number of imidazole rings is 5. The lowest BCUT2D eigenvalue weighted by molar-refractivity contribution is 0.00488. The normalized spacial score (nSPS) is 13.2. The lowest BCUT2D eigenvalue weighted by atomic mass is 9.88. The molecule has 0 aliphatic carbocycles. The van der Waals surface area contributed by atoms with Gasteiger partial charge >= 0.3 is 29.8 Å². The fraction of sp³-hybridized carbons (Fsp3) is 0.350. The molecule has 0 spiro atoms. The number of aryl methyl sites for hydroxylation is 3. The Bertz CT molecular complexity index is 7720. The van der Waals surface area contributed by atoms with Crippen LogP contribution in [0.4, 0.5) is 5.69 Å². The molecule has 0 unspecified atom stereocenters. The molecule has 0 radical (unpaired) electrons. The maximum absolute atomic E-state index is 13.0. The summed E-state index contributed by atoms with van der Waals surface area (Å²) in [5, 5.41) is 26.5. The highest BCUT2D eigenvalue weighted by molar-refractivity contribution is 7.12. The third-order valence-electron chi connectivity index (χ3n) is 23.2. The zero-order valence-electron chi connectivity index (χ0n) is 86.3. The van der Waals surface area contributed by atoms with Crippen LogP contribution in [0.3, 0.4) is 0 Å². The van der Waals surface area contributed by atoms with Crippen LogP contribution in [-0.4, -0.2) is 246 Å². The summed E-state index contributed by atoms with van der Waals surface area (Å²) in [7, 11) is 8.75. The molecule has 148 heavy (non-hydrogen) atoms. The number of hydrogen-bond acceptors (Lipinski definition) is 30. The molecule has 0 N–H and O–H groups in total. The summed E-state index contributed by atoms with van der Waals surface area (Å²) < 4.78 is 49.4. The van der Waals surface area contributed by atoms with Gasteiger partial charge in [0.05, 0.1) is 143 Å². The number of hydrogen-bond donors (Lipinski definition) is 0. The number of fused-ring (bicyclic) bond motifs is 16. The van der Waals surface area contributed by atoms with E-state index in [-0.39, 0.29) is 109 Å². The van der Waals surface area contributed by atoms with Gasteiger partial charge < -0.3 is 57.4 Å². The van der Waals surface area contributed by atoms with E-state index >= 15 is 0 Å². The first-order valence-electron chi connectivity index (χ1n) is 47.1. The molecule has 45 heteroatoms. The lowest BCUT2D eigenvalue weighted by Gasteiger charge is -2.20. The van der Waals surface area contributed by atoms with Crippen LogP contribution in [0, 0.1) is 30.7 Å². The minimum atomic E-state index is -1.53. The van der Waals surface area contributed by atoms with Crippen molar-refractivity contribution in [2.45, 2.75) is 179 Å². The summed E-state index contributed by atoms with van der Waals surface area (Å²) in [6.45, 7) is 35.2. The highest BCUT2D eigenvalue weighted by atomic mass is 32.1. The number of terminal acetylenes is 1. The summed E-state index contributed by atoms with van der Waals surface area (Å²) in [5.41, 5.74) is 25.4. The van der Waals surface area contributed by atoms with Gasteiger partial charge in [-0.25, -0.2) is 58.4 Å². The maximum Gasteiger partial charge on any atom is 0.359 e. The van der Waals surface area contributed by atoms with E-state index in [1.165, 1.54) is 46.2 Å². The topological polar surface area (TPSA) is 480 Å². The van der Waals surface area contributed by atoms with Crippen molar-refractivity contribution < 1.29 is 80.9 Å². The Balaban J connectivity index is 0.000000140. The van der Waals surface area contributed by atoms with Gasteiger partial charge in [0.25, 0.3) is 29.5 Å². The van der Waals surface area contributed by atoms with Crippen LogP contribution in [0.15, 0.2) is 144 Å².